The topological polar surface area (TPSA) is 178 Å². The number of para-hydroxylation sites is 1. The van der Waals surface area contributed by atoms with E-state index in [1.165, 1.54) is 16.8 Å². The number of nitrogens with two attached hydrogens (primary N) is 1. The van der Waals surface area contributed by atoms with Gasteiger partial charge in [-0.25, -0.2) is 0 Å². The number of amides is 4. The Labute approximate surface area is 256 Å². The zero-order valence-electron chi connectivity index (χ0n) is 24.7. The summed E-state index contributed by atoms with van der Waals surface area (Å²) in [5.74, 6) is -2.03. The Hall–Kier alpha value is -4.42. The Morgan fingerprint density at radius 2 is 1.41 bits per heavy atom. The molecule has 0 saturated carbocycles. The molecule has 0 aliphatic rings. The van der Waals surface area contributed by atoms with Gasteiger partial charge in [-0.1, -0.05) is 48.5 Å². The van der Waals surface area contributed by atoms with Crippen LogP contribution in [0.5, 0.6) is 0 Å². The van der Waals surface area contributed by atoms with E-state index in [4.69, 9.17) is 5.73 Å². The molecule has 0 unspecified atom stereocenters. The summed E-state index contributed by atoms with van der Waals surface area (Å²) in [5, 5.41) is 0. The molecule has 44 heavy (non-hydrogen) atoms. The summed E-state index contributed by atoms with van der Waals surface area (Å²) in [6, 6.07) is 18.9. The molecule has 1 aromatic heterocycles. The maximum Gasteiger partial charge on any atom is 0.329 e. The van der Waals surface area contributed by atoms with Gasteiger partial charge in [0, 0.05) is 38.2 Å². The van der Waals surface area contributed by atoms with Crippen LogP contribution in [0.1, 0.15) is 16.7 Å². The molecule has 0 aliphatic carbocycles. The SMILES string of the molecule is CN(CC(=O)N(CC(=O)N(CC(=O)N(C)CC(N)=O)Cc1cccnc1)c1ccccc1)Cc1ccc(CP(=O)(O)O)cc1. The molecular formula is C30H37N6O7P. The fraction of sp³-hybridized carbons (Fsp3) is 0.300. The summed E-state index contributed by atoms with van der Waals surface area (Å²) >= 11 is 0. The minimum absolute atomic E-state index is 0.0463. The number of pyridine rings is 1. The average Bonchev–Trinajstić information content (AvgIpc) is 2.96. The van der Waals surface area contributed by atoms with E-state index in [1.54, 1.807) is 91.1 Å². The smallest absolute Gasteiger partial charge is 0.329 e. The maximum absolute atomic E-state index is 13.7. The lowest BCUT2D eigenvalue weighted by Gasteiger charge is -2.29. The Balaban J connectivity index is 1.76. The van der Waals surface area contributed by atoms with E-state index in [9.17, 15) is 33.5 Å². The normalized spacial score (nSPS) is 11.2. The molecule has 4 amide bonds. The van der Waals surface area contributed by atoms with E-state index in [1.807, 2.05) is 0 Å². The number of rotatable bonds is 15. The van der Waals surface area contributed by atoms with Crippen molar-refractivity contribution in [3.8, 4) is 0 Å². The molecule has 4 N–H and O–H groups in total. The molecule has 13 nitrogen and oxygen atoms in total. The van der Waals surface area contributed by atoms with E-state index in [0.29, 0.717) is 23.4 Å². The maximum atomic E-state index is 13.7. The molecule has 1 heterocycles. The number of hydrogen-bond donors (Lipinski definition) is 3. The number of benzene rings is 2. The first-order valence-electron chi connectivity index (χ1n) is 13.7. The summed E-state index contributed by atoms with van der Waals surface area (Å²) in [7, 11) is -1.02. The van der Waals surface area contributed by atoms with Crippen molar-refractivity contribution in [1.29, 1.82) is 0 Å². The van der Waals surface area contributed by atoms with Gasteiger partial charge in [-0.3, -0.25) is 33.6 Å². The highest BCUT2D eigenvalue weighted by molar-refractivity contribution is 7.50. The highest BCUT2D eigenvalue weighted by atomic mass is 31.2. The lowest BCUT2D eigenvalue weighted by atomic mass is 10.1. The van der Waals surface area contributed by atoms with Crippen molar-refractivity contribution in [2.75, 3.05) is 45.2 Å². The van der Waals surface area contributed by atoms with Gasteiger partial charge in [0.1, 0.15) is 13.1 Å². The van der Waals surface area contributed by atoms with Gasteiger partial charge in [0.25, 0.3) is 0 Å². The number of likely N-dealkylation sites (N-methyl/N-ethyl adjacent to an activating group) is 2. The lowest BCUT2D eigenvalue weighted by Crippen LogP contribution is -2.49. The van der Waals surface area contributed by atoms with Gasteiger partial charge in [-0.2, -0.15) is 0 Å². The van der Waals surface area contributed by atoms with Crippen LogP contribution >= 0.6 is 7.60 Å². The van der Waals surface area contributed by atoms with Crippen molar-refractivity contribution in [3.63, 3.8) is 0 Å². The zero-order valence-corrected chi connectivity index (χ0v) is 25.5. The Bertz CT molecular complexity index is 1470. The molecule has 0 atom stereocenters. The number of aromatic nitrogens is 1. The van der Waals surface area contributed by atoms with Crippen molar-refractivity contribution in [1.82, 2.24) is 19.7 Å². The molecule has 0 radical (unpaired) electrons. The van der Waals surface area contributed by atoms with Crippen LogP contribution in [0.15, 0.2) is 79.1 Å². The molecule has 0 fully saturated rings. The molecule has 0 spiro atoms. The van der Waals surface area contributed by atoms with Gasteiger partial charge in [-0.05, 0) is 41.9 Å². The Morgan fingerprint density at radius 1 is 0.750 bits per heavy atom. The number of hydrogen-bond acceptors (Lipinski definition) is 7. The fourth-order valence-corrected chi connectivity index (χ4v) is 5.08. The summed E-state index contributed by atoms with van der Waals surface area (Å²) in [5.41, 5.74) is 7.74. The number of carbonyl (C=O) groups excluding carboxylic acids is 4. The van der Waals surface area contributed by atoms with E-state index >= 15 is 0 Å². The number of anilines is 1. The van der Waals surface area contributed by atoms with Crippen molar-refractivity contribution >= 4 is 36.9 Å². The van der Waals surface area contributed by atoms with Crippen LogP contribution in [0.4, 0.5) is 5.69 Å². The molecule has 14 heteroatoms. The predicted octanol–water partition coefficient (Wildman–Crippen LogP) is 1.20. The quantitative estimate of drug-likeness (QED) is 0.210. The minimum atomic E-state index is -4.18. The summed E-state index contributed by atoms with van der Waals surface area (Å²) in [6.07, 6.45) is 2.81. The average molecular weight is 625 g/mol. The van der Waals surface area contributed by atoms with Crippen molar-refractivity contribution in [3.05, 3.63) is 95.8 Å². The summed E-state index contributed by atoms with van der Waals surface area (Å²) < 4.78 is 11.3. The third kappa shape index (κ3) is 11.3. The molecule has 0 aliphatic heterocycles. The van der Waals surface area contributed by atoms with E-state index in [-0.39, 0.29) is 44.8 Å². The Kier molecular flexibility index (Phi) is 12.3. The summed E-state index contributed by atoms with van der Waals surface area (Å²) in [4.78, 5) is 79.5. The van der Waals surface area contributed by atoms with E-state index in [2.05, 4.69) is 4.98 Å². The second-order valence-corrected chi connectivity index (χ2v) is 12.1. The van der Waals surface area contributed by atoms with Crippen LogP contribution in [0.3, 0.4) is 0 Å². The van der Waals surface area contributed by atoms with Gasteiger partial charge in [0.15, 0.2) is 0 Å². The van der Waals surface area contributed by atoms with Crippen LogP contribution < -0.4 is 10.6 Å². The molecule has 0 bridgehead atoms. The molecule has 0 saturated heterocycles. The highest BCUT2D eigenvalue weighted by Gasteiger charge is 2.26. The van der Waals surface area contributed by atoms with Crippen LogP contribution in [-0.4, -0.2) is 93.4 Å². The highest BCUT2D eigenvalue weighted by Crippen LogP contribution is 2.38. The number of carbonyl (C=O) groups is 4. The molecular weight excluding hydrogens is 587 g/mol. The Morgan fingerprint density at radius 3 is 2.00 bits per heavy atom. The predicted molar refractivity (Wildman–Crippen MR) is 164 cm³/mol. The van der Waals surface area contributed by atoms with Gasteiger partial charge in [-0.15, -0.1) is 0 Å². The molecule has 2 aromatic carbocycles. The molecule has 3 aromatic rings. The second-order valence-electron chi connectivity index (χ2n) is 10.5. The van der Waals surface area contributed by atoms with Crippen LogP contribution in [0.2, 0.25) is 0 Å². The van der Waals surface area contributed by atoms with Crippen LogP contribution in [0, 0.1) is 0 Å². The largest absolute Gasteiger partial charge is 0.368 e. The zero-order chi connectivity index (χ0) is 32.3. The molecule has 234 valence electrons. The third-order valence-electron chi connectivity index (χ3n) is 6.53. The third-order valence-corrected chi connectivity index (χ3v) is 7.30. The van der Waals surface area contributed by atoms with Gasteiger partial charge in [0.2, 0.25) is 23.6 Å². The van der Waals surface area contributed by atoms with Crippen LogP contribution in [0.25, 0.3) is 0 Å². The van der Waals surface area contributed by atoms with Crippen LogP contribution in [-0.2, 0) is 43.0 Å². The van der Waals surface area contributed by atoms with Gasteiger partial charge >= 0.3 is 7.60 Å². The van der Waals surface area contributed by atoms with Gasteiger partial charge in [0.05, 0.1) is 19.3 Å². The van der Waals surface area contributed by atoms with Crippen molar-refractivity contribution < 1.29 is 33.5 Å². The summed E-state index contributed by atoms with van der Waals surface area (Å²) in [6.45, 7) is -0.618. The molecule has 3 rings (SSSR count). The monoisotopic (exact) mass is 624 g/mol. The van der Waals surface area contributed by atoms with Crippen molar-refractivity contribution in [2.24, 2.45) is 5.73 Å². The second kappa shape index (κ2) is 15.9. The van der Waals surface area contributed by atoms with Gasteiger partial charge < -0.3 is 30.2 Å². The fourth-order valence-electron chi connectivity index (χ4n) is 4.39. The first-order chi connectivity index (χ1) is 20.8. The standard InChI is InChI=1S/C30H37N6O7P/c1-33(16-23-10-12-24(13-11-23)22-44(41,42)43)19-30(40)36(26-8-4-3-5-9-26)21-29(39)35(17-25-7-6-14-32-15-25)20-28(38)34(2)18-27(31)37/h3-15H,16-22H2,1-2H3,(H2,31,37)(H2,41,42,43). The number of nitrogens with zero attached hydrogens (tertiary/aromatic N) is 5. The first-order valence-corrected chi connectivity index (χ1v) is 15.5. The van der Waals surface area contributed by atoms with Crippen molar-refractivity contribution in [2.45, 2.75) is 19.3 Å². The first kappa shape index (κ1) is 34.1. The lowest BCUT2D eigenvalue weighted by molar-refractivity contribution is -0.141. The van der Waals surface area contributed by atoms with E-state index in [0.717, 1.165) is 10.5 Å². The minimum Gasteiger partial charge on any atom is -0.368 e. The van der Waals surface area contributed by atoms with E-state index < -0.39 is 25.3 Å². The number of primary amides is 1.